The van der Waals surface area contributed by atoms with E-state index in [1.54, 1.807) is 11.8 Å². The minimum atomic E-state index is 0.368. The van der Waals surface area contributed by atoms with Gasteiger partial charge in [0.1, 0.15) is 11.5 Å². The number of thioether (sulfide) groups is 1. The molecule has 1 aromatic carbocycles. The van der Waals surface area contributed by atoms with E-state index < -0.39 is 0 Å². The molecule has 1 atom stereocenters. The molecule has 1 aliphatic carbocycles. The van der Waals surface area contributed by atoms with Gasteiger partial charge in [-0.2, -0.15) is 0 Å². The average Bonchev–Trinajstić information content (AvgIpc) is 2.95. The molecule has 0 saturated heterocycles. The molecular weight excluding hydrogens is 260 g/mol. The molecule has 0 amide bonds. The van der Waals surface area contributed by atoms with Gasteiger partial charge in [0.2, 0.25) is 0 Å². The first-order chi connectivity index (χ1) is 9.24. The summed E-state index contributed by atoms with van der Waals surface area (Å²) in [5.74, 6) is 1.22. The number of ketones is 1. The molecule has 1 unspecified atom stereocenters. The summed E-state index contributed by atoms with van der Waals surface area (Å²) in [6, 6.07) is 5.86. The number of aromatic nitrogens is 2. The van der Waals surface area contributed by atoms with Crippen molar-refractivity contribution < 1.29 is 9.53 Å². The molecule has 3 rings (SSSR count). The fraction of sp³-hybridized carbons (Fsp3) is 0.429. The molecule has 0 bridgehead atoms. The summed E-state index contributed by atoms with van der Waals surface area (Å²) in [6.07, 6.45) is 2.35. The highest BCUT2D eigenvalue weighted by molar-refractivity contribution is 7.99. The number of benzene rings is 1. The van der Waals surface area contributed by atoms with Crippen LogP contribution in [0.1, 0.15) is 26.2 Å². The van der Waals surface area contributed by atoms with E-state index in [4.69, 9.17) is 4.74 Å². The third kappa shape index (κ3) is 2.76. The van der Waals surface area contributed by atoms with Crippen molar-refractivity contribution in [2.45, 2.75) is 36.6 Å². The van der Waals surface area contributed by atoms with Gasteiger partial charge in [0.25, 0.3) is 0 Å². The number of fused-ring (bicyclic) bond motifs is 1. The lowest BCUT2D eigenvalue weighted by Gasteiger charge is -2.03. The molecular formula is C14H16N2O2S. The highest BCUT2D eigenvalue weighted by atomic mass is 32.2. The van der Waals surface area contributed by atoms with E-state index in [0.29, 0.717) is 30.5 Å². The monoisotopic (exact) mass is 276 g/mol. The van der Waals surface area contributed by atoms with E-state index in [-0.39, 0.29) is 0 Å². The van der Waals surface area contributed by atoms with Gasteiger partial charge in [0.15, 0.2) is 5.16 Å². The number of carbonyl (C=O) groups is 1. The zero-order valence-electron chi connectivity index (χ0n) is 10.8. The number of hydrogen-bond acceptors (Lipinski definition) is 4. The predicted molar refractivity (Wildman–Crippen MR) is 75.8 cm³/mol. The van der Waals surface area contributed by atoms with E-state index in [1.165, 1.54) is 0 Å². The zero-order valence-corrected chi connectivity index (χ0v) is 11.6. The largest absolute Gasteiger partial charge is 0.494 e. The first-order valence-corrected chi connectivity index (χ1v) is 7.43. The van der Waals surface area contributed by atoms with Crippen LogP contribution in [0.2, 0.25) is 0 Å². The SMILES string of the molecule is CCOc1ccc2nc(SC3CCC(=O)C3)[nH]c2c1. The lowest BCUT2D eigenvalue weighted by Crippen LogP contribution is -1.96. The van der Waals surface area contributed by atoms with E-state index >= 15 is 0 Å². The van der Waals surface area contributed by atoms with Crippen LogP contribution in [0.3, 0.4) is 0 Å². The van der Waals surface area contributed by atoms with Gasteiger partial charge in [-0.25, -0.2) is 4.98 Å². The molecule has 1 N–H and O–H groups in total. The Bertz CT molecular complexity index is 609. The standard InChI is InChI=1S/C14H16N2O2S/c1-2-18-10-4-6-12-13(8-10)16-14(15-12)19-11-5-3-9(17)7-11/h4,6,8,11H,2-3,5,7H2,1H3,(H,15,16). The van der Waals surface area contributed by atoms with Crippen LogP contribution in [0.25, 0.3) is 11.0 Å². The van der Waals surface area contributed by atoms with Crippen molar-refractivity contribution in [3.8, 4) is 5.75 Å². The summed E-state index contributed by atoms with van der Waals surface area (Å²) in [7, 11) is 0. The van der Waals surface area contributed by atoms with Crippen LogP contribution in [0.5, 0.6) is 5.75 Å². The van der Waals surface area contributed by atoms with Crippen molar-refractivity contribution in [3.05, 3.63) is 18.2 Å². The first kappa shape index (κ1) is 12.5. The summed E-state index contributed by atoms with van der Waals surface area (Å²) in [5.41, 5.74) is 1.92. The molecule has 0 radical (unpaired) electrons. The van der Waals surface area contributed by atoms with Gasteiger partial charge in [0.05, 0.1) is 17.6 Å². The van der Waals surface area contributed by atoms with Crippen molar-refractivity contribution in [3.63, 3.8) is 0 Å². The number of nitrogens with zero attached hydrogens (tertiary/aromatic N) is 1. The highest BCUT2D eigenvalue weighted by Gasteiger charge is 2.24. The topological polar surface area (TPSA) is 55.0 Å². The molecule has 1 saturated carbocycles. The van der Waals surface area contributed by atoms with Gasteiger partial charge in [-0.05, 0) is 25.5 Å². The first-order valence-electron chi connectivity index (χ1n) is 6.55. The molecule has 1 fully saturated rings. The Kier molecular flexibility index (Phi) is 3.46. The lowest BCUT2D eigenvalue weighted by atomic mass is 10.3. The molecule has 100 valence electrons. The highest BCUT2D eigenvalue weighted by Crippen LogP contribution is 2.33. The van der Waals surface area contributed by atoms with Gasteiger partial charge >= 0.3 is 0 Å². The quantitative estimate of drug-likeness (QED) is 0.932. The van der Waals surface area contributed by atoms with Crippen LogP contribution in [0.4, 0.5) is 0 Å². The zero-order chi connectivity index (χ0) is 13.2. The second-order valence-electron chi connectivity index (χ2n) is 4.68. The fourth-order valence-electron chi connectivity index (χ4n) is 2.32. The average molecular weight is 276 g/mol. The Labute approximate surface area is 115 Å². The minimum absolute atomic E-state index is 0.368. The van der Waals surface area contributed by atoms with Gasteiger partial charge in [-0.15, -0.1) is 0 Å². The number of imidazole rings is 1. The summed E-state index contributed by atoms with van der Waals surface area (Å²) in [5, 5.41) is 1.27. The Morgan fingerprint density at radius 1 is 1.53 bits per heavy atom. The van der Waals surface area contributed by atoms with Crippen molar-refractivity contribution in [1.82, 2.24) is 9.97 Å². The number of H-pyrrole nitrogens is 1. The molecule has 1 aromatic heterocycles. The summed E-state index contributed by atoms with van der Waals surface area (Å²) >= 11 is 1.67. The molecule has 19 heavy (non-hydrogen) atoms. The van der Waals surface area contributed by atoms with Crippen LogP contribution in [0.15, 0.2) is 23.4 Å². The second-order valence-corrected chi connectivity index (χ2v) is 5.96. The van der Waals surface area contributed by atoms with Crippen LogP contribution in [-0.4, -0.2) is 27.6 Å². The van der Waals surface area contributed by atoms with Crippen molar-refractivity contribution in [1.29, 1.82) is 0 Å². The van der Waals surface area contributed by atoms with Gasteiger partial charge in [-0.1, -0.05) is 11.8 Å². The molecule has 5 heteroatoms. The van der Waals surface area contributed by atoms with Crippen LogP contribution in [0, 0.1) is 0 Å². The number of rotatable bonds is 4. The maximum Gasteiger partial charge on any atom is 0.166 e. The molecule has 4 nitrogen and oxygen atoms in total. The Hall–Kier alpha value is -1.49. The maximum absolute atomic E-state index is 11.3. The smallest absolute Gasteiger partial charge is 0.166 e. The molecule has 1 aliphatic rings. The van der Waals surface area contributed by atoms with Gasteiger partial charge < -0.3 is 9.72 Å². The van der Waals surface area contributed by atoms with E-state index in [1.807, 2.05) is 25.1 Å². The fourth-order valence-corrected chi connectivity index (χ4v) is 3.46. The Balaban J connectivity index is 1.79. The number of ether oxygens (including phenoxy) is 1. The lowest BCUT2D eigenvalue weighted by molar-refractivity contribution is -0.117. The number of carbonyl (C=O) groups excluding carboxylic acids is 1. The number of Topliss-reactive ketones (excluding diaryl/α,β-unsaturated/α-hetero) is 1. The molecule has 0 aliphatic heterocycles. The normalized spacial score (nSPS) is 19.2. The Morgan fingerprint density at radius 2 is 2.42 bits per heavy atom. The second kappa shape index (κ2) is 5.25. The van der Waals surface area contributed by atoms with E-state index in [0.717, 1.165) is 28.4 Å². The van der Waals surface area contributed by atoms with Crippen molar-refractivity contribution >= 4 is 28.6 Å². The number of hydrogen-bond donors (Lipinski definition) is 1. The van der Waals surface area contributed by atoms with Crippen molar-refractivity contribution in [2.75, 3.05) is 6.61 Å². The molecule has 0 spiro atoms. The molecule has 1 heterocycles. The van der Waals surface area contributed by atoms with Gasteiger partial charge in [-0.3, -0.25) is 4.79 Å². The maximum atomic E-state index is 11.3. The predicted octanol–water partition coefficient (Wildman–Crippen LogP) is 3.18. The number of aromatic amines is 1. The van der Waals surface area contributed by atoms with E-state index in [2.05, 4.69) is 9.97 Å². The Morgan fingerprint density at radius 3 is 3.16 bits per heavy atom. The summed E-state index contributed by atoms with van der Waals surface area (Å²) < 4.78 is 5.47. The third-order valence-corrected chi connectivity index (χ3v) is 4.37. The molecule has 2 aromatic rings. The number of nitrogens with one attached hydrogen (secondary N) is 1. The van der Waals surface area contributed by atoms with Crippen LogP contribution in [-0.2, 0) is 4.79 Å². The van der Waals surface area contributed by atoms with Crippen LogP contribution >= 0.6 is 11.8 Å². The summed E-state index contributed by atoms with van der Waals surface area (Å²) in [4.78, 5) is 19.1. The summed E-state index contributed by atoms with van der Waals surface area (Å²) in [6.45, 7) is 2.63. The minimum Gasteiger partial charge on any atom is -0.494 e. The third-order valence-electron chi connectivity index (χ3n) is 3.22. The van der Waals surface area contributed by atoms with Crippen LogP contribution < -0.4 is 4.74 Å². The van der Waals surface area contributed by atoms with E-state index in [9.17, 15) is 4.79 Å². The van der Waals surface area contributed by atoms with Crippen molar-refractivity contribution in [2.24, 2.45) is 0 Å². The van der Waals surface area contributed by atoms with Gasteiger partial charge in [0, 0.05) is 24.2 Å².